The first-order valence-corrected chi connectivity index (χ1v) is 7.40. The van der Waals surface area contributed by atoms with E-state index in [1.165, 1.54) is 12.7 Å². The van der Waals surface area contributed by atoms with E-state index in [-0.39, 0.29) is 17.8 Å². The molecule has 1 aromatic rings. The quantitative estimate of drug-likeness (QED) is 0.793. The number of hydrogen-bond donors (Lipinski definition) is 0. The summed E-state index contributed by atoms with van der Waals surface area (Å²) in [7, 11) is 1.43. The summed E-state index contributed by atoms with van der Waals surface area (Å²) in [6.45, 7) is 4.09. The molecule has 2 heterocycles. The molecule has 0 radical (unpaired) electrons. The molecular weight excluding hydrogens is 268 g/mol. The lowest BCUT2D eigenvalue weighted by atomic mass is 9.98. The van der Waals surface area contributed by atoms with Crippen LogP contribution in [0.1, 0.15) is 18.9 Å². The van der Waals surface area contributed by atoms with Crippen LogP contribution in [0.2, 0.25) is 0 Å². The lowest BCUT2D eigenvalue weighted by Gasteiger charge is -2.39. The normalized spacial score (nSPS) is 17.4. The van der Waals surface area contributed by atoms with E-state index in [0.717, 1.165) is 24.3 Å². The molecule has 2 aliphatic heterocycles. The van der Waals surface area contributed by atoms with E-state index in [0.29, 0.717) is 19.5 Å². The fourth-order valence-corrected chi connectivity index (χ4v) is 3.04. The van der Waals surface area contributed by atoms with Crippen LogP contribution in [-0.4, -0.2) is 38.6 Å². The standard InChI is InChI=1S/C16H20N2O3/c1-3-15(19)18-7-6-11-8-13(4-5-14(11)18)17-9-12(10-17)16(20)21-2/h4-5,8,12H,3,6-7,9-10H2,1-2H3. The number of fused-ring (bicyclic) bond motifs is 1. The third-order valence-corrected chi connectivity index (χ3v) is 4.34. The van der Waals surface area contributed by atoms with Gasteiger partial charge in [-0.25, -0.2) is 0 Å². The molecule has 0 spiro atoms. The minimum atomic E-state index is -0.132. The number of nitrogens with zero attached hydrogens (tertiary/aromatic N) is 2. The minimum absolute atomic E-state index is 0.0126. The maximum atomic E-state index is 11.9. The van der Waals surface area contributed by atoms with Gasteiger partial charge < -0.3 is 14.5 Å². The summed E-state index contributed by atoms with van der Waals surface area (Å²) in [5.41, 5.74) is 3.38. The molecule has 5 heteroatoms. The Hall–Kier alpha value is -2.04. The summed E-state index contributed by atoms with van der Waals surface area (Å²) >= 11 is 0. The fraction of sp³-hybridized carbons (Fsp3) is 0.500. The number of amides is 1. The van der Waals surface area contributed by atoms with Crippen molar-refractivity contribution in [2.45, 2.75) is 19.8 Å². The van der Waals surface area contributed by atoms with Crippen molar-refractivity contribution in [2.24, 2.45) is 5.92 Å². The van der Waals surface area contributed by atoms with Crippen molar-refractivity contribution >= 4 is 23.3 Å². The zero-order valence-electron chi connectivity index (χ0n) is 12.5. The first-order valence-electron chi connectivity index (χ1n) is 7.40. The van der Waals surface area contributed by atoms with E-state index in [1.54, 1.807) is 0 Å². The van der Waals surface area contributed by atoms with Crippen LogP contribution >= 0.6 is 0 Å². The molecule has 0 aliphatic carbocycles. The van der Waals surface area contributed by atoms with E-state index >= 15 is 0 Å². The summed E-state index contributed by atoms with van der Waals surface area (Å²) in [5.74, 6) is 0.0322. The molecule has 1 saturated heterocycles. The van der Waals surface area contributed by atoms with Crippen molar-refractivity contribution in [3.8, 4) is 0 Å². The number of ether oxygens (including phenoxy) is 1. The minimum Gasteiger partial charge on any atom is -0.469 e. The Bertz CT molecular complexity index is 579. The predicted octanol–water partition coefficient (Wildman–Crippen LogP) is 1.59. The Kier molecular flexibility index (Phi) is 3.57. The predicted molar refractivity (Wildman–Crippen MR) is 80.5 cm³/mol. The Balaban J connectivity index is 1.71. The molecule has 0 unspecified atom stereocenters. The monoisotopic (exact) mass is 288 g/mol. The smallest absolute Gasteiger partial charge is 0.312 e. The van der Waals surface area contributed by atoms with Crippen LogP contribution in [0.4, 0.5) is 11.4 Å². The highest BCUT2D eigenvalue weighted by molar-refractivity contribution is 5.95. The maximum absolute atomic E-state index is 11.9. The number of carbonyl (C=O) groups is 2. The molecule has 3 rings (SSSR count). The van der Waals surface area contributed by atoms with Crippen molar-refractivity contribution in [1.82, 2.24) is 0 Å². The van der Waals surface area contributed by atoms with Crippen LogP contribution in [0.25, 0.3) is 0 Å². The average Bonchev–Trinajstić information content (AvgIpc) is 2.87. The van der Waals surface area contributed by atoms with Crippen LogP contribution in [0.15, 0.2) is 18.2 Å². The van der Waals surface area contributed by atoms with Crippen LogP contribution in [0.5, 0.6) is 0 Å². The van der Waals surface area contributed by atoms with Gasteiger partial charge in [-0.3, -0.25) is 9.59 Å². The van der Waals surface area contributed by atoms with Gasteiger partial charge in [0, 0.05) is 37.4 Å². The molecule has 1 aromatic carbocycles. The van der Waals surface area contributed by atoms with Gasteiger partial charge in [-0.1, -0.05) is 6.92 Å². The molecule has 0 N–H and O–H groups in total. The van der Waals surface area contributed by atoms with Crippen molar-refractivity contribution < 1.29 is 14.3 Å². The van der Waals surface area contributed by atoms with Crippen molar-refractivity contribution in [3.05, 3.63) is 23.8 Å². The van der Waals surface area contributed by atoms with Crippen LogP contribution in [-0.2, 0) is 20.7 Å². The molecule has 0 saturated carbocycles. The van der Waals surface area contributed by atoms with Gasteiger partial charge in [0.25, 0.3) is 0 Å². The van der Waals surface area contributed by atoms with Crippen molar-refractivity contribution in [3.63, 3.8) is 0 Å². The van der Waals surface area contributed by atoms with Crippen LogP contribution < -0.4 is 9.80 Å². The van der Waals surface area contributed by atoms with Crippen molar-refractivity contribution in [1.29, 1.82) is 0 Å². The van der Waals surface area contributed by atoms with E-state index < -0.39 is 0 Å². The number of methoxy groups -OCH3 is 1. The third-order valence-electron chi connectivity index (χ3n) is 4.34. The van der Waals surface area contributed by atoms with Crippen molar-refractivity contribution in [2.75, 3.05) is 36.5 Å². The number of esters is 1. The number of anilines is 2. The summed E-state index contributed by atoms with van der Waals surface area (Å²) in [4.78, 5) is 27.3. The second-order valence-electron chi connectivity index (χ2n) is 5.59. The van der Waals surface area contributed by atoms with Gasteiger partial charge in [-0.05, 0) is 30.2 Å². The highest BCUT2D eigenvalue weighted by Crippen LogP contribution is 2.34. The average molecular weight is 288 g/mol. The number of carbonyl (C=O) groups excluding carboxylic acids is 2. The molecule has 112 valence electrons. The third kappa shape index (κ3) is 2.37. The number of benzene rings is 1. The highest BCUT2D eigenvalue weighted by Gasteiger charge is 2.34. The second-order valence-corrected chi connectivity index (χ2v) is 5.59. The summed E-state index contributed by atoms with van der Waals surface area (Å²) in [6.07, 6.45) is 1.44. The fourth-order valence-electron chi connectivity index (χ4n) is 3.04. The second kappa shape index (κ2) is 5.39. The SMILES string of the molecule is CCC(=O)N1CCc2cc(N3CC(C(=O)OC)C3)ccc21. The lowest BCUT2D eigenvalue weighted by molar-refractivity contribution is -0.146. The van der Waals surface area contributed by atoms with Crippen LogP contribution in [0, 0.1) is 5.92 Å². The largest absolute Gasteiger partial charge is 0.469 e. The van der Waals surface area contributed by atoms with Gasteiger partial charge in [-0.15, -0.1) is 0 Å². The topological polar surface area (TPSA) is 49.9 Å². The Morgan fingerprint density at radius 1 is 1.33 bits per heavy atom. The molecule has 1 amide bonds. The van der Waals surface area contributed by atoms with Crippen LogP contribution in [0.3, 0.4) is 0 Å². The summed E-state index contributed by atoms with van der Waals surface area (Å²) in [6, 6.07) is 6.20. The van der Waals surface area contributed by atoms with E-state index in [2.05, 4.69) is 11.0 Å². The van der Waals surface area contributed by atoms with Gasteiger partial charge in [0.1, 0.15) is 0 Å². The lowest BCUT2D eigenvalue weighted by Crippen LogP contribution is -2.50. The molecule has 0 atom stereocenters. The van der Waals surface area contributed by atoms with Gasteiger partial charge in [0.15, 0.2) is 0 Å². The molecule has 21 heavy (non-hydrogen) atoms. The number of hydrogen-bond acceptors (Lipinski definition) is 4. The molecular formula is C16H20N2O3. The molecule has 0 bridgehead atoms. The van der Waals surface area contributed by atoms with E-state index in [1.807, 2.05) is 24.0 Å². The van der Waals surface area contributed by atoms with E-state index in [9.17, 15) is 9.59 Å². The van der Waals surface area contributed by atoms with Gasteiger partial charge >= 0.3 is 5.97 Å². The first-order chi connectivity index (χ1) is 10.1. The molecule has 5 nitrogen and oxygen atoms in total. The zero-order chi connectivity index (χ0) is 15.0. The molecule has 1 fully saturated rings. The molecule has 0 aromatic heterocycles. The van der Waals surface area contributed by atoms with Gasteiger partial charge in [0.2, 0.25) is 5.91 Å². The summed E-state index contributed by atoms with van der Waals surface area (Å²) < 4.78 is 4.76. The Morgan fingerprint density at radius 3 is 2.76 bits per heavy atom. The highest BCUT2D eigenvalue weighted by atomic mass is 16.5. The number of rotatable bonds is 3. The van der Waals surface area contributed by atoms with E-state index in [4.69, 9.17) is 4.74 Å². The van der Waals surface area contributed by atoms with Gasteiger partial charge in [-0.2, -0.15) is 0 Å². The maximum Gasteiger partial charge on any atom is 0.312 e. The molecule has 2 aliphatic rings. The first kappa shape index (κ1) is 13.9. The Labute approximate surface area is 124 Å². The zero-order valence-corrected chi connectivity index (χ0v) is 12.5. The summed E-state index contributed by atoms with van der Waals surface area (Å²) in [5, 5.41) is 0. The van der Waals surface area contributed by atoms with Gasteiger partial charge in [0.05, 0.1) is 13.0 Å². The Morgan fingerprint density at radius 2 is 2.10 bits per heavy atom.